The first-order valence-corrected chi connectivity index (χ1v) is 10.4. The molecule has 33 heavy (non-hydrogen) atoms. The average Bonchev–Trinajstić information content (AvgIpc) is 2.87. The quantitative estimate of drug-likeness (QED) is 0.287. The van der Waals surface area contributed by atoms with Crippen molar-refractivity contribution in [3.8, 4) is 17.6 Å². The van der Waals surface area contributed by atoms with Gasteiger partial charge in [-0.2, -0.15) is 5.26 Å². The van der Waals surface area contributed by atoms with Crippen molar-refractivity contribution in [3.63, 3.8) is 0 Å². The number of ether oxygens (including phenoxy) is 2. The predicted octanol–water partition coefficient (Wildman–Crippen LogP) is 5.97. The van der Waals surface area contributed by atoms with Crippen LogP contribution >= 0.6 is 0 Å². The maximum atomic E-state index is 12.9. The van der Waals surface area contributed by atoms with Crippen LogP contribution in [0.15, 0.2) is 96.6 Å². The number of nitriles is 1. The summed E-state index contributed by atoms with van der Waals surface area (Å²) in [5, 5.41) is 14.4. The van der Waals surface area contributed by atoms with E-state index in [-0.39, 0.29) is 5.57 Å². The van der Waals surface area contributed by atoms with Gasteiger partial charge in [0.2, 0.25) is 0 Å². The summed E-state index contributed by atoms with van der Waals surface area (Å²) in [6.07, 6.45) is 1.54. The molecule has 0 spiro atoms. The van der Waals surface area contributed by atoms with E-state index in [2.05, 4.69) is 5.32 Å². The predicted molar refractivity (Wildman–Crippen MR) is 130 cm³/mol. The lowest BCUT2D eigenvalue weighted by Crippen LogP contribution is -2.13. The fourth-order valence-corrected chi connectivity index (χ4v) is 3.47. The molecule has 0 aliphatic carbocycles. The van der Waals surface area contributed by atoms with Crippen LogP contribution in [0.4, 0.5) is 5.69 Å². The Morgan fingerprint density at radius 1 is 0.939 bits per heavy atom. The van der Waals surface area contributed by atoms with Gasteiger partial charge in [0.1, 0.15) is 18.2 Å². The van der Waals surface area contributed by atoms with Crippen LogP contribution in [0.1, 0.15) is 11.1 Å². The molecule has 0 unspecified atom stereocenters. The maximum Gasteiger partial charge on any atom is 0.266 e. The highest BCUT2D eigenvalue weighted by molar-refractivity contribution is 6.12. The summed E-state index contributed by atoms with van der Waals surface area (Å²) in [4.78, 5) is 12.9. The highest BCUT2D eigenvalue weighted by Crippen LogP contribution is 2.30. The van der Waals surface area contributed by atoms with Crippen molar-refractivity contribution in [2.75, 3.05) is 12.4 Å². The molecule has 162 valence electrons. The normalized spacial score (nSPS) is 11.0. The molecule has 0 saturated heterocycles. The molecule has 1 amide bonds. The molecular formula is C28H22N2O3. The Balaban J connectivity index is 1.57. The minimum atomic E-state index is -0.476. The first-order chi connectivity index (χ1) is 16.2. The summed E-state index contributed by atoms with van der Waals surface area (Å²) in [6.45, 7) is 0.372. The van der Waals surface area contributed by atoms with Crippen LogP contribution < -0.4 is 14.8 Å². The van der Waals surface area contributed by atoms with E-state index in [1.807, 2.05) is 78.9 Å². The molecule has 5 heteroatoms. The summed E-state index contributed by atoms with van der Waals surface area (Å²) in [6, 6.07) is 30.5. The number of carbonyl (C=O) groups is 1. The fourth-order valence-electron chi connectivity index (χ4n) is 3.47. The average molecular weight is 434 g/mol. The second-order valence-electron chi connectivity index (χ2n) is 7.34. The van der Waals surface area contributed by atoms with Gasteiger partial charge in [-0.3, -0.25) is 4.79 Å². The SMILES string of the molecule is COc1ccc(/C=C(\C#N)C(=O)Nc2cccc3ccccc23)cc1OCc1ccccc1. The third kappa shape index (κ3) is 5.20. The minimum absolute atomic E-state index is 0.0119. The molecule has 0 aliphatic rings. The van der Waals surface area contributed by atoms with E-state index in [0.717, 1.165) is 16.3 Å². The second kappa shape index (κ2) is 10.2. The molecule has 5 nitrogen and oxygen atoms in total. The number of hydrogen-bond acceptors (Lipinski definition) is 4. The van der Waals surface area contributed by atoms with Crippen LogP contribution in [0.3, 0.4) is 0 Å². The van der Waals surface area contributed by atoms with Gasteiger partial charge >= 0.3 is 0 Å². The van der Waals surface area contributed by atoms with Gasteiger partial charge < -0.3 is 14.8 Å². The van der Waals surface area contributed by atoms with Gasteiger partial charge in [-0.25, -0.2) is 0 Å². The van der Waals surface area contributed by atoms with E-state index >= 15 is 0 Å². The molecule has 0 heterocycles. The first kappa shape index (κ1) is 21.7. The minimum Gasteiger partial charge on any atom is -0.493 e. The van der Waals surface area contributed by atoms with Crippen LogP contribution in [0, 0.1) is 11.3 Å². The second-order valence-corrected chi connectivity index (χ2v) is 7.34. The van der Waals surface area contributed by atoms with Gasteiger partial charge in [-0.1, -0.05) is 72.8 Å². The van der Waals surface area contributed by atoms with E-state index in [0.29, 0.717) is 29.4 Å². The Hall–Kier alpha value is -4.56. The van der Waals surface area contributed by atoms with Crippen molar-refractivity contribution >= 4 is 28.4 Å². The standard InChI is InChI=1S/C28H22N2O3/c1-32-26-15-14-21(17-27(26)33-19-20-8-3-2-4-9-20)16-23(18-29)28(31)30-25-13-7-11-22-10-5-6-12-24(22)25/h2-17H,19H2,1H3,(H,30,31)/b23-16+. The van der Waals surface area contributed by atoms with Crippen LogP contribution in [0.25, 0.3) is 16.8 Å². The van der Waals surface area contributed by atoms with Crippen molar-refractivity contribution in [1.29, 1.82) is 5.26 Å². The van der Waals surface area contributed by atoms with E-state index in [9.17, 15) is 10.1 Å². The Bertz CT molecular complexity index is 1350. The number of benzene rings is 4. The Morgan fingerprint density at radius 3 is 2.48 bits per heavy atom. The Kier molecular flexibility index (Phi) is 6.67. The highest BCUT2D eigenvalue weighted by Gasteiger charge is 2.13. The number of carbonyl (C=O) groups excluding carboxylic acids is 1. The highest BCUT2D eigenvalue weighted by atomic mass is 16.5. The van der Waals surface area contributed by atoms with Crippen LogP contribution in [0.5, 0.6) is 11.5 Å². The van der Waals surface area contributed by atoms with Crippen molar-refractivity contribution in [2.45, 2.75) is 6.61 Å². The van der Waals surface area contributed by atoms with Gasteiger partial charge in [0.15, 0.2) is 11.5 Å². The number of fused-ring (bicyclic) bond motifs is 1. The number of amides is 1. The molecule has 0 aromatic heterocycles. The molecule has 1 N–H and O–H groups in total. The molecule has 4 rings (SSSR count). The summed E-state index contributed by atoms with van der Waals surface area (Å²) < 4.78 is 11.3. The fraction of sp³-hybridized carbons (Fsp3) is 0.0714. The molecule has 4 aromatic carbocycles. The van der Waals surface area contributed by atoms with Gasteiger partial charge in [-0.15, -0.1) is 0 Å². The van der Waals surface area contributed by atoms with Crippen molar-refractivity contribution in [3.05, 3.63) is 108 Å². The molecule has 0 bridgehead atoms. The molecule has 0 atom stereocenters. The maximum absolute atomic E-state index is 12.9. The van der Waals surface area contributed by atoms with Crippen molar-refractivity contribution in [1.82, 2.24) is 0 Å². The lowest BCUT2D eigenvalue weighted by atomic mass is 10.1. The van der Waals surface area contributed by atoms with Crippen molar-refractivity contribution < 1.29 is 14.3 Å². The molecule has 0 radical (unpaired) electrons. The van der Waals surface area contributed by atoms with Gasteiger partial charge in [0.05, 0.1) is 7.11 Å². The zero-order valence-electron chi connectivity index (χ0n) is 18.1. The van der Waals surface area contributed by atoms with Crippen LogP contribution in [-0.2, 0) is 11.4 Å². The molecule has 4 aromatic rings. The molecular weight excluding hydrogens is 412 g/mol. The number of rotatable bonds is 7. The monoisotopic (exact) mass is 434 g/mol. The summed E-state index contributed by atoms with van der Waals surface area (Å²) in [5.74, 6) is 0.625. The largest absolute Gasteiger partial charge is 0.493 e. The number of nitrogens with one attached hydrogen (secondary N) is 1. The lowest BCUT2D eigenvalue weighted by molar-refractivity contribution is -0.112. The molecule has 0 aliphatic heterocycles. The smallest absolute Gasteiger partial charge is 0.266 e. The number of nitrogens with zero attached hydrogens (tertiary/aromatic N) is 1. The van der Waals surface area contributed by atoms with Gasteiger partial charge in [0, 0.05) is 11.1 Å². The van der Waals surface area contributed by atoms with Gasteiger partial charge in [0.25, 0.3) is 5.91 Å². The van der Waals surface area contributed by atoms with Gasteiger partial charge in [-0.05, 0) is 40.8 Å². The third-order valence-corrected chi connectivity index (χ3v) is 5.14. The number of hydrogen-bond donors (Lipinski definition) is 1. The third-order valence-electron chi connectivity index (χ3n) is 5.14. The van der Waals surface area contributed by atoms with Crippen LogP contribution in [0.2, 0.25) is 0 Å². The summed E-state index contributed by atoms with van der Waals surface area (Å²) in [7, 11) is 1.57. The lowest BCUT2D eigenvalue weighted by Gasteiger charge is -2.12. The summed E-state index contributed by atoms with van der Waals surface area (Å²) in [5.41, 5.74) is 2.32. The number of anilines is 1. The topological polar surface area (TPSA) is 71.3 Å². The Labute approximate surface area is 192 Å². The van der Waals surface area contributed by atoms with E-state index < -0.39 is 5.91 Å². The molecule has 0 saturated carbocycles. The zero-order valence-corrected chi connectivity index (χ0v) is 18.1. The van der Waals surface area contributed by atoms with Crippen LogP contribution in [-0.4, -0.2) is 13.0 Å². The molecule has 0 fully saturated rings. The Morgan fingerprint density at radius 2 is 1.70 bits per heavy atom. The van der Waals surface area contributed by atoms with Crippen molar-refractivity contribution in [2.24, 2.45) is 0 Å². The number of methoxy groups -OCH3 is 1. The van der Waals surface area contributed by atoms with E-state index in [1.54, 1.807) is 25.3 Å². The summed E-state index contributed by atoms with van der Waals surface area (Å²) >= 11 is 0. The van der Waals surface area contributed by atoms with E-state index in [1.165, 1.54) is 6.08 Å². The van der Waals surface area contributed by atoms with E-state index in [4.69, 9.17) is 9.47 Å². The zero-order chi connectivity index (χ0) is 23.0. The first-order valence-electron chi connectivity index (χ1n) is 10.4.